The second-order valence-electron chi connectivity index (χ2n) is 5.52. The number of para-hydroxylation sites is 1. The Kier molecular flexibility index (Phi) is 3.59. The molecule has 0 radical (unpaired) electrons. The van der Waals surface area contributed by atoms with Gasteiger partial charge in [0.05, 0.1) is 24.3 Å². The molecule has 3 aromatic rings. The maximum Gasteiger partial charge on any atom is 0.225 e. The Hall–Kier alpha value is -2.60. The Bertz CT molecular complexity index is 828. The molecule has 23 heavy (non-hydrogen) atoms. The lowest BCUT2D eigenvalue weighted by Gasteiger charge is -2.26. The van der Waals surface area contributed by atoms with Gasteiger partial charge in [-0.15, -0.1) is 0 Å². The van der Waals surface area contributed by atoms with Gasteiger partial charge >= 0.3 is 0 Å². The van der Waals surface area contributed by atoms with Crippen molar-refractivity contribution in [2.75, 3.05) is 31.2 Å². The standard InChI is InChI=1S/C17H17N5O/c1-12-14-4-2-3-5-15(14)21-16(20-12)13-10-18-17(19-11-13)22-6-8-23-9-7-22/h2-5,10-11H,6-9H2,1H3. The van der Waals surface area contributed by atoms with Crippen LogP contribution in [0.1, 0.15) is 5.69 Å². The van der Waals surface area contributed by atoms with Crippen LogP contribution in [0, 0.1) is 6.92 Å². The van der Waals surface area contributed by atoms with Gasteiger partial charge in [-0.05, 0) is 13.0 Å². The van der Waals surface area contributed by atoms with E-state index in [9.17, 15) is 0 Å². The maximum absolute atomic E-state index is 5.35. The first-order valence-corrected chi connectivity index (χ1v) is 7.70. The summed E-state index contributed by atoms with van der Waals surface area (Å²) in [4.78, 5) is 20.3. The predicted molar refractivity (Wildman–Crippen MR) is 88.3 cm³/mol. The molecule has 0 unspecified atom stereocenters. The Morgan fingerprint density at radius 3 is 2.52 bits per heavy atom. The van der Waals surface area contributed by atoms with Gasteiger partial charge in [-0.25, -0.2) is 19.9 Å². The van der Waals surface area contributed by atoms with Gasteiger partial charge in [-0.1, -0.05) is 18.2 Å². The van der Waals surface area contributed by atoms with Gasteiger partial charge in [0, 0.05) is 36.6 Å². The van der Waals surface area contributed by atoms with Crippen molar-refractivity contribution in [2.45, 2.75) is 6.92 Å². The summed E-state index contributed by atoms with van der Waals surface area (Å²) in [5, 5.41) is 1.07. The number of anilines is 1. The number of nitrogens with zero attached hydrogens (tertiary/aromatic N) is 5. The van der Waals surface area contributed by atoms with Crippen LogP contribution in [0.4, 0.5) is 5.95 Å². The van der Waals surface area contributed by atoms with E-state index in [0.29, 0.717) is 5.82 Å². The quantitative estimate of drug-likeness (QED) is 0.723. The van der Waals surface area contributed by atoms with E-state index in [1.807, 2.05) is 31.2 Å². The van der Waals surface area contributed by atoms with E-state index in [0.717, 1.165) is 54.4 Å². The van der Waals surface area contributed by atoms with Crippen LogP contribution in [0.5, 0.6) is 0 Å². The van der Waals surface area contributed by atoms with Crippen molar-refractivity contribution < 1.29 is 4.74 Å². The Morgan fingerprint density at radius 1 is 1.00 bits per heavy atom. The molecule has 2 aromatic heterocycles. The second kappa shape index (κ2) is 5.89. The molecule has 0 amide bonds. The highest BCUT2D eigenvalue weighted by Gasteiger charge is 2.14. The third-order valence-corrected chi connectivity index (χ3v) is 3.98. The molecular weight excluding hydrogens is 290 g/mol. The predicted octanol–water partition coefficient (Wildman–Crippen LogP) is 2.23. The first-order valence-electron chi connectivity index (χ1n) is 7.70. The Balaban J connectivity index is 1.67. The van der Waals surface area contributed by atoms with Crippen molar-refractivity contribution in [3.05, 3.63) is 42.4 Å². The third kappa shape index (κ3) is 2.73. The summed E-state index contributed by atoms with van der Waals surface area (Å²) >= 11 is 0. The van der Waals surface area contributed by atoms with Crippen LogP contribution >= 0.6 is 0 Å². The number of morpholine rings is 1. The number of ether oxygens (including phenoxy) is 1. The molecule has 0 bridgehead atoms. The maximum atomic E-state index is 5.35. The van der Waals surface area contributed by atoms with Crippen molar-refractivity contribution in [3.63, 3.8) is 0 Å². The zero-order chi connectivity index (χ0) is 15.6. The van der Waals surface area contributed by atoms with Gasteiger partial charge in [0.15, 0.2) is 5.82 Å². The minimum Gasteiger partial charge on any atom is -0.378 e. The minimum absolute atomic E-state index is 0.662. The zero-order valence-electron chi connectivity index (χ0n) is 12.9. The molecule has 1 aliphatic heterocycles. The lowest BCUT2D eigenvalue weighted by atomic mass is 10.2. The lowest BCUT2D eigenvalue weighted by molar-refractivity contribution is 0.122. The highest BCUT2D eigenvalue weighted by molar-refractivity contribution is 5.82. The molecule has 116 valence electrons. The monoisotopic (exact) mass is 307 g/mol. The van der Waals surface area contributed by atoms with Crippen LogP contribution in [0.3, 0.4) is 0 Å². The SMILES string of the molecule is Cc1nc(-c2cnc(N3CCOCC3)nc2)nc2ccccc12. The molecule has 1 aliphatic rings. The molecular formula is C17H17N5O. The number of hydrogen-bond donors (Lipinski definition) is 0. The number of benzene rings is 1. The van der Waals surface area contributed by atoms with Gasteiger partial charge in [0.1, 0.15) is 0 Å². The first-order chi connectivity index (χ1) is 11.3. The smallest absolute Gasteiger partial charge is 0.225 e. The number of hydrogen-bond acceptors (Lipinski definition) is 6. The molecule has 6 heteroatoms. The van der Waals surface area contributed by atoms with E-state index in [-0.39, 0.29) is 0 Å². The summed E-state index contributed by atoms with van der Waals surface area (Å²) in [6.45, 7) is 5.09. The Morgan fingerprint density at radius 2 is 1.74 bits per heavy atom. The largest absolute Gasteiger partial charge is 0.378 e. The highest BCUT2D eigenvalue weighted by Crippen LogP contribution is 2.21. The van der Waals surface area contributed by atoms with Crippen molar-refractivity contribution in [2.24, 2.45) is 0 Å². The fourth-order valence-electron chi connectivity index (χ4n) is 2.73. The van der Waals surface area contributed by atoms with E-state index in [4.69, 9.17) is 4.74 Å². The molecule has 4 rings (SSSR count). The van der Waals surface area contributed by atoms with E-state index in [1.165, 1.54) is 0 Å². The summed E-state index contributed by atoms with van der Waals surface area (Å²) in [6, 6.07) is 8.01. The minimum atomic E-state index is 0.662. The average Bonchev–Trinajstić information content (AvgIpc) is 2.63. The number of aromatic nitrogens is 4. The summed E-state index contributed by atoms with van der Waals surface area (Å²) in [7, 11) is 0. The summed E-state index contributed by atoms with van der Waals surface area (Å²) in [5.41, 5.74) is 2.73. The fraction of sp³-hybridized carbons (Fsp3) is 0.294. The van der Waals surface area contributed by atoms with Crippen LogP contribution < -0.4 is 4.90 Å². The van der Waals surface area contributed by atoms with Crippen molar-refractivity contribution >= 4 is 16.9 Å². The molecule has 1 saturated heterocycles. The van der Waals surface area contributed by atoms with E-state index >= 15 is 0 Å². The highest BCUT2D eigenvalue weighted by atomic mass is 16.5. The average molecular weight is 307 g/mol. The van der Waals surface area contributed by atoms with Crippen LogP contribution in [-0.4, -0.2) is 46.2 Å². The molecule has 0 saturated carbocycles. The van der Waals surface area contributed by atoms with Gasteiger partial charge < -0.3 is 9.64 Å². The first kappa shape index (κ1) is 14.0. The molecule has 1 aromatic carbocycles. The van der Waals surface area contributed by atoms with Gasteiger partial charge in [0.25, 0.3) is 0 Å². The topological polar surface area (TPSA) is 64.0 Å². The molecule has 1 fully saturated rings. The van der Waals surface area contributed by atoms with Crippen molar-refractivity contribution in [1.82, 2.24) is 19.9 Å². The summed E-state index contributed by atoms with van der Waals surface area (Å²) < 4.78 is 5.35. The second-order valence-corrected chi connectivity index (χ2v) is 5.52. The normalized spacial score (nSPS) is 15.1. The van der Waals surface area contributed by atoms with E-state index < -0.39 is 0 Å². The van der Waals surface area contributed by atoms with Crippen LogP contribution in [-0.2, 0) is 4.74 Å². The molecule has 0 aliphatic carbocycles. The fourth-order valence-corrected chi connectivity index (χ4v) is 2.73. The zero-order valence-corrected chi connectivity index (χ0v) is 12.9. The third-order valence-electron chi connectivity index (χ3n) is 3.98. The lowest BCUT2D eigenvalue weighted by Crippen LogP contribution is -2.37. The summed E-state index contributed by atoms with van der Waals surface area (Å²) in [6.07, 6.45) is 3.59. The summed E-state index contributed by atoms with van der Waals surface area (Å²) in [5.74, 6) is 1.39. The van der Waals surface area contributed by atoms with Gasteiger partial charge in [-0.2, -0.15) is 0 Å². The van der Waals surface area contributed by atoms with Crippen molar-refractivity contribution in [1.29, 1.82) is 0 Å². The van der Waals surface area contributed by atoms with Crippen LogP contribution in [0.25, 0.3) is 22.3 Å². The van der Waals surface area contributed by atoms with Crippen LogP contribution in [0.2, 0.25) is 0 Å². The van der Waals surface area contributed by atoms with Gasteiger partial charge in [-0.3, -0.25) is 0 Å². The number of rotatable bonds is 2. The molecule has 6 nitrogen and oxygen atoms in total. The Labute approximate surface area is 134 Å². The van der Waals surface area contributed by atoms with Crippen molar-refractivity contribution in [3.8, 4) is 11.4 Å². The van der Waals surface area contributed by atoms with Crippen LogP contribution in [0.15, 0.2) is 36.7 Å². The molecule has 3 heterocycles. The number of fused-ring (bicyclic) bond motifs is 1. The molecule has 0 atom stereocenters. The van der Waals surface area contributed by atoms with E-state index in [2.05, 4.69) is 24.8 Å². The van der Waals surface area contributed by atoms with E-state index in [1.54, 1.807) is 12.4 Å². The van der Waals surface area contributed by atoms with Gasteiger partial charge in [0.2, 0.25) is 5.95 Å². The molecule has 0 N–H and O–H groups in total. The molecule has 0 spiro atoms. The number of aryl methyl sites for hydroxylation is 1.